The van der Waals surface area contributed by atoms with Crippen molar-refractivity contribution in [3.05, 3.63) is 72.7 Å². The quantitative estimate of drug-likeness (QED) is 0.593. The Kier molecular flexibility index (Phi) is 6.60. The minimum absolute atomic E-state index is 0.0960. The van der Waals surface area contributed by atoms with Crippen molar-refractivity contribution in [2.75, 3.05) is 33.3 Å². The summed E-state index contributed by atoms with van der Waals surface area (Å²) in [6.45, 7) is 2.10. The van der Waals surface area contributed by atoms with Crippen molar-refractivity contribution >= 4 is 18.1 Å². The van der Waals surface area contributed by atoms with Crippen LogP contribution in [-0.4, -0.2) is 69.9 Å². The fourth-order valence-electron chi connectivity index (χ4n) is 3.67. The van der Waals surface area contributed by atoms with Crippen LogP contribution in [0.25, 0.3) is 23.0 Å². The Balaban J connectivity index is 1.56. The summed E-state index contributed by atoms with van der Waals surface area (Å²) in [4.78, 5) is 32.2. The summed E-state index contributed by atoms with van der Waals surface area (Å²) in [6, 6.07) is 13.6. The standard InChI is InChI=1S/C24H25N5O3/c1-32-24(31)28-14-6-13-27(15-16-28)22(30)11-10-20-18-29(21-8-3-2-4-9-21)26-23(20)19-7-5-12-25-17-19/h2-5,7-12,17-18H,6,13-16H2,1H3/b11-10+. The lowest BCUT2D eigenvalue weighted by atomic mass is 10.1. The van der Waals surface area contributed by atoms with Gasteiger partial charge >= 0.3 is 6.09 Å². The van der Waals surface area contributed by atoms with Crippen LogP contribution in [0.4, 0.5) is 4.79 Å². The van der Waals surface area contributed by atoms with E-state index >= 15 is 0 Å². The lowest BCUT2D eigenvalue weighted by Gasteiger charge is -2.20. The molecule has 1 aromatic carbocycles. The van der Waals surface area contributed by atoms with Gasteiger partial charge in [0.1, 0.15) is 5.69 Å². The molecule has 2 aromatic heterocycles. The van der Waals surface area contributed by atoms with Crippen molar-refractivity contribution < 1.29 is 14.3 Å². The van der Waals surface area contributed by atoms with Gasteiger partial charge in [0.2, 0.25) is 5.91 Å². The molecule has 4 rings (SSSR count). The zero-order valence-corrected chi connectivity index (χ0v) is 17.9. The summed E-state index contributed by atoms with van der Waals surface area (Å²) in [6.07, 6.45) is 9.09. The van der Waals surface area contributed by atoms with E-state index in [-0.39, 0.29) is 12.0 Å². The molecule has 8 nitrogen and oxygen atoms in total. The predicted octanol–water partition coefficient (Wildman–Crippen LogP) is 3.25. The molecule has 1 fully saturated rings. The first-order valence-electron chi connectivity index (χ1n) is 10.5. The highest BCUT2D eigenvalue weighted by atomic mass is 16.5. The van der Waals surface area contributed by atoms with E-state index in [4.69, 9.17) is 9.84 Å². The summed E-state index contributed by atoms with van der Waals surface area (Å²) < 4.78 is 6.59. The lowest BCUT2D eigenvalue weighted by molar-refractivity contribution is -0.125. The number of pyridine rings is 1. The van der Waals surface area contributed by atoms with Crippen molar-refractivity contribution in [1.29, 1.82) is 0 Å². The molecule has 32 heavy (non-hydrogen) atoms. The summed E-state index contributed by atoms with van der Waals surface area (Å²) in [7, 11) is 1.37. The average Bonchev–Trinajstić information content (AvgIpc) is 3.12. The third kappa shape index (κ3) is 4.85. The van der Waals surface area contributed by atoms with E-state index < -0.39 is 0 Å². The van der Waals surface area contributed by atoms with Crippen LogP contribution in [0.3, 0.4) is 0 Å². The Hall–Kier alpha value is -3.94. The van der Waals surface area contributed by atoms with E-state index in [0.29, 0.717) is 32.6 Å². The Labute approximate surface area is 186 Å². The van der Waals surface area contributed by atoms with Crippen LogP contribution in [0.2, 0.25) is 0 Å². The Morgan fingerprint density at radius 2 is 1.78 bits per heavy atom. The molecular weight excluding hydrogens is 406 g/mol. The van der Waals surface area contributed by atoms with Crippen LogP contribution in [-0.2, 0) is 9.53 Å². The first kappa shape index (κ1) is 21.3. The van der Waals surface area contributed by atoms with Crippen LogP contribution in [0.5, 0.6) is 0 Å². The molecule has 0 radical (unpaired) electrons. The molecule has 3 heterocycles. The normalized spacial score (nSPS) is 14.4. The molecule has 1 aliphatic heterocycles. The molecule has 164 valence electrons. The van der Waals surface area contributed by atoms with Gasteiger partial charge in [-0.1, -0.05) is 18.2 Å². The van der Waals surface area contributed by atoms with Crippen LogP contribution < -0.4 is 0 Å². The number of benzene rings is 1. The lowest BCUT2D eigenvalue weighted by Crippen LogP contribution is -2.36. The maximum absolute atomic E-state index is 12.9. The van der Waals surface area contributed by atoms with E-state index in [0.717, 1.165) is 22.5 Å². The second-order valence-corrected chi connectivity index (χ2v) is 7.42. The first-order chi connectivity index (χ1) is 15.7. The smallest absolute Gasteiger partial charge is 0.409 e. The number of aromatic nitrogens is 3. The van der Waals surface area contributed by atoms with Crippen molar-refractivity contribution in [2.45, 2.75) is 6.42 Å². The minimum Gasteiger partial charge on any atom is -0.453 e. The SMILES string of the molecule is COC(=O)N1CCCN(C(=O)/C=C/c2cn(-c3ccccc3)nc2-c2cccnc2)CC1. The van der Waals surface area contributed by atoms with Gasteiger partial charge in [0, 0.05) is 62.0 Å². The fraction of sp³-hybridized carbons (Fsp3) is 0.250. The molecule has 0 atom stereocenters. The van der Waals surface area contributed by atoms with Crippen molar-refractivity contribution in [3.63, 3.8) is 0 Å². The number of para-hydroxylation sites is 1. The fourth-order valence-corrected chi connectivity index (χ4v) is 3.67. The molecule has 1 saturated heterocycles. The Bertz CT molecular complexity index is 1100. The summed E-state index contributed by atoms with van der Waals surface area (Å²) in [5.74, 6) is -0.0960. The van der Waals surface area contributed by atoms with E-state index in [2.05, 4.69) is 4.98 Å². The van der Waals surface area contributed by atoms with Gasteiger partial charge < -0.3 is 14.5 Å². The number of ether oxygens (including phenoxy) is 1. The highest BCUT2D eigenvalue weighted by molar-refractivity contribution is 5.93. The zero-order valence-electron chi connectivity index (χ0n) is 17.9. The van der Waals surface area contributed by atoms with Crippen LogP contribution in [0, 0.1) is 0 Å². The number of rotatable bonds is 4. The second-order valence-electron chi connectivity index (χ2n) is 7.42. The molecule has 8 heteroatoms. The van der Waals surface area contributed by atoms with Gasteiger partial charge in [-0.15, -0.1) is 0 Å². The predicted molar refractivity (Wildman–Crippen MR) is 121 cm³/mol. The molecule has 3 aromatic rings. The number of hydrogen-bond donors (Lipinski definition) is 0. The van der Waals surface area contributed by atoms with Crippen molar-refractivity contribution in [2.24, 2.45) is 0 Å². The van der Waals surface area contributed by atoms with Crippen molar-refractivity contribution in [1.82, 2.24) is 24.6 Å². The molecule has 0 unspecified atom stereocenters. The van der Waals surface area contributed by atoms with Crippen LogP contribution in [0.1, 0.15) is 12.0 Å². The molecule has 0 N–H and O–H groups in total. The largest absolute Gasteiger partial charge is 0.453 e. The summed E-state index contributed by atoms with van der Waals surface area (Å²) >= 11 is 0. The highest BCUT2D eigenvalue weighted by Gasteiger charge is 2.21. The van der Waals surface area contributed by atoms with Gasteiger partial charge in [-0.3, -0.25) is 9.78 Å². The zero-order chi connectivity index (χ0) is 22.3. The topological polar surface area (TPSA) is 80.6 Å². The summed E-state index contributed by atoms with van der Waals surface area (Å²) in [5, 5.41) is 4.74. The number of hydrogen-bond acceptors (Lipinski definition) is 5. The highest BCUT2D eigenvalue weighted by Crippen LogP contribution is 2.24. The first-order valence-corrected chi connectivity index (χ1v) is 10.5. The number of methoxy groups -OCH3 is 1. The number of carbonyl (C=O) groups excluding carboxylic acids is 2. The molecule has 0 aliphatic carbocycles. The molecular formula is C24H25N5O3. The maximum Gasteiger partial charge on any atom is 0.409 e. The Morgan fingerprint density at radius 1 is 1.00 bits per heavy atom. The van der Waals surface area contributed by atoms with Crippen LogP contribution >= 0.6 is 0 Å². The van der Waals surface area contributed by atoms with Crippen LogP contribution in [0.15, 0.2) is 67.1 Å². The monoisotopic (exact) mass is 431 g/mol. The van der Waals surface area contributed by atoms with E-state index in [1.54, 1.807) is 39.0 Å². The van der Waals surface area contributed by atoms with Crippen molar-refractivity contribution in [3.8, 4) is 16.9 Å². The molecule has 2 amide bonds. The number of carbonyl (C=O) groups is 2. The third-order valence-corrected chi connectivity index (χ3v) is 5.34. The number of amides is 2. The number of nitrogens with zero attached hydrogens (tertiary/aromatic N) is 5. The van der Waals surface area contributed by atoms with Gasteiger partial charge in [-0.25, -0.2) is 9.48 Å². The average molecular weight is 431 g/mol. The second kappa shape index (κ2) is 9.91. The van der Waals surface area contributed by atoms with Gasteiger partial charge in [0.25, 0.3) is 0 Å². The van der Waals surface area contributed by atoms with Gasteiger partial charge in [0.05, 0.1) is 12.8 Å². The van der Waals surface area contributed by atoms with Gasteiger partial charge in [-0.05, 0) is 36.8 Å². The molecule has 0 saturated carbocycles. The molecule has 0 spiro atoms. The Morgan fingerprint density at radius 3 is 2.53 bits per heavy atom. The van der Waals surface area contributed by atoms with E-state index in [1.165, 1.54) is 7.11 Å². The molecule has 1 aliphatic rings. The maximum atomic E-state index is 12.9. The molecule has 0 bridgehead atoms. The third-order valence-electron chi connectivity index (χ3n) is 5.34. The van der Waals surface area contributed by atoms with E-state index in [1.807, 2.05) is 48.7 Å². The van der Waals surface area contributed by atoms with Gasteiger partial charge in [-0.2, -0.15) is 5.10 Å². The minimum atomic E-state index is -0.357. The van der Waals surface area contributed by atoms with E-state index in [9.17, 15) is 9.59 Å². The summed E-state index contributed by atoms with van der Waals surface area (Å²) in [5.41, 5.74) is 3.37. The van der Waals surface area contributed by atoms with Gasteiger partial charge in [0.15, 0.2) is 0 Å².